The fraction of sp³-hybridized carbons (Fsp3) is 0.294. The molecule has 0 saturated carbocycles. The van der Waals surface area contributed by atoms with Crippen molar-refractivity contribution in [3.63, 3.8) is 0 Å². The summed E-state index contributed by atoms with van der Waals surface area (Å²) in [5.41, 5.74) is -2.81. The summed E-state index contributed by atoms with van der Waals surface area (Å²) in [7, 11) is 6.02. The average Bonchev–Trinajstić information content (AvgIpc) is 3.33. The third-order valence-electron chi connectivity index (χ3n) is 8.82. The number of ether oxygens (including phenoxy) is 7. The molecule has 3 heterocycles. The Bertz CT molecular complexity index is 1740. The van der Waals surface area contributed by atoms with Crippen LogP contribution in [0, 0.1) is 0 Å². The Kier molecular flexibility index (Phi) is 6.36. The topological polar surface area (TPSA) is 119 Å². The summed E-state index contributed by atoms with van der Waals surface area (Å²) >= 11 is 0. The summed E-state index contributed by atoms with van der Waals surface area (Å²) in [5, 5.41) is 12.9. The van der Waals surface area contributed by atoms with Crippen molar-refractivity contribution in [3.8, 4) is 28.7 Å². The molecule has 0 bridgehead atoms. The van der Waals surface area contributed by atoms with Crippen LogP contribution in [-0.2, 0) is 14.3 Å². The fourth-order valence-corrected chi connectivity index (χ4v) is 6.59. The van der Waals surface area contributed by atoms with Gasteiger partial charge in [-0.2, -0.15) is 0 Å². The SMILES string of the molecule is COc1ccc([C@H]2CCC3=C(O2)[C@]24Oc5cc(OC)cc(OC)c5C(=O)[C@@]2(O)[C@H](c2ccc(OC)cc2)OC4=CC3=O)cc1. The summed E-state index contributed by atoms with van der Waals surface area (Å²) in [6.07, 6.45) is 0.317. The minimum atomic E-state index is -2.41. The smallest absolute Gasteiger partial charge is 0.262 e. The van der Waals surface area contributed by atoms with Crippen molar-refractivity contribution in [1.82, 2.24) is 0 Å². The number of aliphatic hydroxyl groups is 1. The van der Waals surface area contributed by atoms with Crippen LogP contribution in [0.25, 0.3) is 0 Å². The van der Waals surface area contributed by atoms with E-state index in [4.69, 9.17) is 33.2 Å². The molecule has 1 saturated heterocycles. The van der Waals surface area contributed by atoms with Gasteiger partial charge in [0.25, 0.3) is 5.60 Å². The first-order valence-corrected chi connectivity index (χ1v) is 14.1. The zero-order chi connectivity index (χ0) is 30.8. The van der Waals surface area contributed by atoms with Crippen LogP contribution in [0.15, 0.2) is 83.8 Å². The lowest BCUT2D eigenvalue weighted by atomic mass is 9.67. The molecule has 0 radical (unpaired) electrons. The summed E-state index contributed by atoms with van der Waals surface area (Å²) in [4.78, 5) is 28.3. The maximum atomic E-state index is 14.8. The lowest BCUT2D eigenvalue weighted by Crippen LogP contribution is -2.66. The van der Waals surface area contributed by atoms with Crippen LogP contribution < -0.4 is 23.7 Å². The Hall–Kier alpha value is -4.96. The Labute approximate surface area is 253 Å². The minimum absolute atomic E-state index is 0.0198. The first-order chi connectivity index (χ1) is 21.3. The summed E-state index contributed by atoms with van der Waals surface area (Å²) in [5.74, 6) is 0.851. The van der Waals surface area contributed by atoms with Gasteiger partial charge < -0.3 is 38.3 Å². The molecule has 3 aromatic carbocycles. The normalized spacial score (nSPS) is 26.5. The molecule has 0 aromatic heterocycles. The van der Waals surface area contributed by atoms with E-state index >= 15 is 0 Å². The molecule has 10 nitrogen and oxygen atoms in total. The van der Waals surface area contributed by atoms with Crippen molar-refractivity contribution in [3.05, 3.63) is 101 Å². The molecule has 44 heavy (non-hydrogen) atoms. The van der Waals surface area contributed by atoms with Crippen molar-refractivity contribution < 1.29 is 47.9 Å². The van der Waals surface area contributed by atoms with E-state index in [0.717, 1.165) is 5.56 Å². The highest BCUT2D eigenvalue weighted by Gasteiger charge is 2.78. The molecular weight excluding hydrogens is 568 g/mol. The molecule has 1 fully saturated rings. The summed E-state index contributed by atoms with van der Waals surface area (Å²) in [6, 6.07) is 17.3. The predicted octanol–water partition coefficient (Wildman–Crippen LogP) is 4.81. The molecule has 0 unspecified atom stereocenters. The maximum Gasteiger partial charge on any atom is 0.262 e. The van der Waals surface area contributed by atoms with Crippen molar-refractivity contribution in [2.45, 2.75) is 36.3 Å². The number of ketones is 2. The van der Waals surface area contributed by atoms with E-state index in [1.165, 1.54) is 27.4 Å². The Balaban J connectivity index is 1.45. The van der Waals surface area contributed by atoms with Gasteiger partial charge in [0.2, 0.25) is 11.4 Å². The number of benzene rings is 3. The molecular formula is C34H30O10. The van der Waals surface area contributed by atoms with E-state index < -0.39 is 29.2 Å². The van der Waals surface area contributed by atoms with Gasteiger partial charge in [-0.25, -0.2) is 0 Å². The number of rotatable bonds is 6. The van der Waals surface area contributed by atoms with Crippen molar-refractivity contribution in [2.24, 2.45) is 0 Å². The fourth-order valence-electron chi connectivity index (χ4n) is 6.59. The molecule has 1 spiro atoms. The lowest BCUT2D eigenvalue weighted by molar-refractivity contribution is -0.121. The second-order valence-corrected chi connectivity index (χ2v) is 11.0. The van der Waals surface area contributed by atoms with Gasteiger partial charge in [0.1, 0.15) is 40.4 Å². The van der Waals surface area contributed by atoms with Crippen LogP contribution in [0.4, 0.5) is 0 Å². The molecule has 4 atom stereocenters. The van der Waals surface area contributed by atoms with Gasteiger partial charge in [0, 0.05) is 23.8 Å². The number of fused-ring (bicyclic) bond motifs is 1. The van der Waals surface area contributed by atoms with E-state index in [9.17, 15) is 14.7 Å². The van der Waals surface area contributed by atoms with E-state index in [1.54, 1.807) is 43.5 Å². The number of allylic oxidation sites excluding steroid dienone is 2. The monoisotopic (exact) mass is 598 g/mol. The van der Waals surface area contributed by atoms with Gasteiger partial charge in [0.05, 0.1) is 28.4 Å². The third kappa shape index (κ3) is 3.70. The highest BCUT2D eigenvalue weighted by Crippen LogP contribution is 2.63. The summed E-state index contributed by atoms with van der Waals surface area (Å²) in [6.45, 7) is 0. The van der Waals surface area contributed by atoms with Crippen LogP contribution in [-0.4, -0.2) is 56.3 Å². The Morgan fingerprint density at radius 2 is 1.43 bits per heavy atom. The van der Waals surface area contributed by atoms with Crippen LogP contribution in [0.5, 0.6) is 28.7 Å². The molecule has 0 amide bonds. The number of Topliss-reactive ketones (excluding diaryl/α,β-unsaturated/α-hetero) is 1. The largest absolute Gasteiger partial charge is 0.497 e. The number of carbonyl (C=O) groups is 2. The molecule has 1 aliphatic carbocycles. The molecule has 3 aromatic rings. The highest BCUT2D eigenvalue weighted by atomic mass is 16.6. The van der Waals surface area contributed by atoms with Crippen molar-refractivity contribution >= 4 is 11.6 Å². The van der Waals surface area contributed by atoms with Crippen molar-refractivity contribution in [1.29, 1.82) is 0 Å². The zero-order valence-electron chi connectivity index (χ0n) is 24.5. The molecule has 4 aliphatic rings. The van der Waals surface area contributed by atoms with E-state index in [1.807, 2.05) is 24.3 Å². The highest BCUT2D eigenvalue weighted by molar-refractivity contribution is 6.13. The number of carbonyl (C=O) groups excluding carboxylic acids is 2. The van der Waals surface area contributed by atoms with Gasteiger partial charge in [-0.15, -0.1) is 0 Å². The van der Waals surface area contributed by atoms with Gasteiger partial charge in [0.15, 0.2) is 23.4 Å². The van der Waals surface area contributed by atoms with E-state index in [-0.39, 0.29) is 34.4 Å². The van der Waals surface area contributed by atoms with Gasteiger partial charge in [-0.3, -0.25) is 9.59 Å². The second kappa shape index (κ2) is 10.1. The van der Waals surface area contributed by atoms with Crippen molar-refractivity contribution in [2.75, 3.05) is 28.4 Å². The molecule has 7 rings (SSSR count). The first-order valence-electron chi connectivity index (χ1n) is 14.1. The van der Waals surface area contributed by atoms with Gasteiger partial charge in [-0.05, 0) is 48.2 Å². The van der Waals surface area contributed by atoms with Gasteiger partial charge in [-0.1, -0.05) is 24.3 Å². The average molecular weight is 599 g/mol. The van der Waals surface area contributed by atoms with Crippen LogP contribution >= 0.6 is 0 Å². The standard InChI is InChI=1S/C34H30O10/c1-38-20-9-5-18(6-10-20)25-14-13-23-24(35)17-28-34(32(23)42-25)33(37,31(43-28)19-7-11-21(39-2)12-8-19)30(36)29-26(41-4)15-22(40-3)16-27(29)44-34/h5-12,15-17,25,31,37H,13-14H2,1-4H3/t25-,31+,33-,34+/m1/s1. The zero-order valence-corrected chi connectivity index (χ0v) is 24.5. The lowest BCUT2D eigenvalue weighted by Gasteiger charge is -2.48. The Morgan fingerprint density at radius 3 is 2.05 bits per heavy atom. The predicted molar refractivity (Wildman–Crippen MR) is 155 cm³/mol. The van der Waals surface area contributed by atoms with Gasteiger partial charge >= 0.3 is 0 Å². The molecule has 226 valence electrons. The Morgan fingerprint density at radius 1 is 0.795 bits per heavy atom. The minimum Gasteiger partial charge on any atom is -0.497 e. The summed E-state index contributed by atoms with van der Waals surface area (Å²) < 4.78 is 41.4. The quantitative estimate of drug-likeness (QED) is 0.424. The van der Waals surface area contributed by atoms with E-state index in [2.05, 4.69) is 0 Å². The molecule has 10 heteroatoms. The third-order valence-corrected chi connectivity index (χ3v) is 8.82. The first kappa shape index (κ1) is 27.8. The van der Waals surface area contributed by atoms with E-state index in [0.29, 0.717) is 41.2 Å². The second-order valence-electron chi connectivity index (χ2n) is 11.0. The molecule has 1 N–H and O–H groups in total. The molecule has 3 aliphatic heterocycles. The van der Waals surface area contributed by atoms with Crippen LogP contribution in [0.3, 0.4) is 0 Å². The number of hydrogen-bond acceptors (Lipinski definition) is 10. The van der Waals surface area contributed by atoms with Crippen LogP contribution in [0.2, 0.25) is 0 Å². The maximum absolute atomic E-state index is 14.8. The number of methoxy groups -OCH3 is 4. The number of hydrogen-bond donors (Lipinski definition) is 1. The van der Waals surface area contributed by atoms with Crippen LogP contribution in [0.1, 0.15) is 46.5 Å².